The fraction of sp³-hybridized carbons (Fsp3) is 0.333. The van der Waals surface area contributed by atoms with Crippen molar-refractivity contribution in [3.8, 4) is 0 Å². The Bertz CT molecular complexity index is 1110. The Morgan fingerprint density at radius 2 is 1.88 bits per heavy atom. The predicted octanol–water partition coefficient (Wildman–Crippen LogP) is 4.02. The lowest BCUT2D eigenvalue weighted by molar-refractivity contribution is -0.167. The van der Waals surface area contributed by atoms with Gasteiger partial charge >= 0.3 is 0 Å². The summed E-state index contributed by atoms with van der Waals surface area (Å²) in [5.41, 5.74) is 2.19. The molecule has 2 aromatic carbocycles. The third kappa shape index (κ3) is 4.33. The van der Waals surface area contributed by atoms with Gasteiger partial charge in [-0.2, -0.15) is 0 Å². The highest BCUT2D eigenvalue weighted by molar-refractivity contribution is 7.09. The van der Waals surface area contributed by atoms with Crippen LogP contribution in [0.3, 0.4) is 0 Å². The Balaban J connectivity index is 1.41. The van der Waals surface area contributed by atoms with Gasteiger partial charge in [-0.3, -0.25) is 9.59 Å². The third-order valence-corrected chi connectivity index (χ3v) is 7.58. The Hall–Kier alpha value is -2.96. The molecule has 6 heteroatoms. The van der Waals surface area contributed by atoms with Crippen LogP contribution in [0, 0.1) is 6.92 Å². The second-order valence-corrected chi connectivity index (χ2v) is 9.98. The van der Waals surface area contributed by atoms with Crippen molar-refractivity contribution >= 4 is 23.2 Å². The van der Waals surface area contributed by atoms with E-state index in [0.29, 0.717) is 32.7 Å². The molecule has 1 aromatic heterocycles. The predicted molar refractivity (Wildman–Crippen MR) is 129 cm³/mol. The van der Waals surface area contributed by atoms with Crippen molar-refractivity contribution in [2.45, 2.75) is 31.4 Å². The first kappa shape index (κ1) is 21.9. The molecule has 2 aliphatic heterocycles. The summed E-state index contributed by atoms with van der Waals surface area (Å²) in [6.07, 6.45) is 0.333. The molecule has 1 spiro atoms. The molecule has 2 amide bonds. The summed E-state index contributed by atoms with van der Waals surface area (Å²) in [7, 11) is 0. The number of benzene rings is 2. The van der Waals surface area contributed by atoms with Crippen molar-refractivity contribution in [1.82, 2.24) is 9.80 Å². The maximum atomic E-state index is 13.8. The van der Waals surface area contributed by atoms with Crippen LogP contribution in [-0.2, 0) is 27.3 Å². The molecule has 5 nitrogen and oxygen atoms in total. The summed E-state index contributed by atoms with van der Waals surface area (Å²) in [4.78, 5) is 31.9. The molecule has 2 fully saturated rings. The monoisotopic (exact) mass is 460 g/mol. The molecule has 2 aliphatic rings. The Morgan fingerprint density at radius 3 is 2.61 bits per heavy atom. The van der Waals surface area contributed by atoms with Crippen LogP contribution in [0.1, 0.15) is 27.5 Å². The van der Waals surface area contributed by atoms with E-state index in [0.717, 1.165) is 16.0 Å². The molecular weight excluding hydrogens is 432 g/mol. The molecule has 170 valence electrons. The first-order valence-electron chi connectivity index (χ1n) is 11.4. The van der Waals surface area contributed by atoms with Crippen molar-refractivity contribution < 1.29 is 14.3 Å². The Kier molecular flexibility index (Phi) is 6.04. The van der Waals surface area contributed by atoms with Crippen molar-refractivity contribution in [3.63, 3.8) is 0 Å². The second kappa shape index (κ2) is 9.12. The third-order valence-electron chi connectivity index (χ3n) is 6.72. The van der Waals surface area contributed by atoms with Crippen molar-refractivity contribution in [3.05, 3.63) is 93.7 Å². The van der Waals surface area contributed by atoms with Crippen LogP contribution < -0.4 is 0 Å². The standard InChI is InChI=1S/C27H28N2O3S/c1-20-9-11-21(12-10-20)16-25(30)28-13-14-32-27(19-28)24(22-6-3-2-4-7-22)18-29(26(27)31)17-23-8-5-15-33-23/h2-12,15,24H,13-14,16-19H2,1H3/t24-,27+/m0/s1. The second-order valence-electron chi connectivity index (χ2n) is 8.94. The first-order valence-corrected chi connectivity index (χ1v) is 12.3. The lowest BCUT2D eigenvalue weighted by atomic mass is 9.83. The van der Waals surface area contributed by atoms with Gasteiger partial charge in [-0.15, -0.1) is 11.3 Å². The van der Waals surface area contributed by atoms with Crippen molar-refractivity contribution in [1.29, 1.82) is 0 Å². The van der Waals surface area contributed by atoms with Gasteiger partial charge in [0, 0.05) is 23.9 Å². The van der Waals surface area contributed by atoms with Crippen molar-refractivity contribution in [2.75, 3.05) is 26.2 Å². The molecule has 2 atom stereocenters. The lowest BCUT2D eigenvalue weighted by Gasteiger charge is -2.42. The van der Waals surface area contributed by atoms with Gasteiger partial charge in [-0.25, -0.2) is 0 Å². The number of aryl methyl sites for hydroxylation is 1. The number of nitrogens with zero attached hydrogens (tertiary/aromatic N) is 2. The minimum atomic E-state index is -1.04. The summed E-state index contributed by atoms with van der Waals surface area (Å²) in [5, 5.41) is 2.03. The molecule has 33 heavy (non-hydrogen) atoms. The maximum absolute atomic E-state index is 13.8. The summed E-state index contributed by atoms with van der Waals surface area (Å²) >= 11 is 1.65. The van der Waals surface area contributed by atoms with Gasteiger partial charge in [-0.05, 0) is 29.5 Å². The topological polar surface area (TPSA) is 49.9 Å². The number of morpholine rings is 1. The van der Waals surface area contributed by atoms with Crippen LogP contribution in [0.5, 0.6) is 0 Å². The molecular formula is C27H28N2O3S. The minimum Gasteiger partial charge on any atom is -0.361 e. The highest BCUT2D eigenvalue weighted by Gasteiger charge is 2.58. The normalized spacial score (nSPS) is 22.8. The summed E-state index contributed by atoms with van der Waals surface area (Å²) in [5.74, 6) is -0.100. The molecule has 2 saturated heterocycles. The van der Waals surface area contributed by atoms with E-state index in [9.17, 15) is 9.59 Å². The quantitative estimate of drug-likeness (QED) is 0.578. The molecule has 0 radical (unpaired) electrons. The molecule has 3 aromatic rings. The van der Waals surface area contributed by atoms with Crippen LogP contribution in [0.15, 0.2) is 72.1 Å². The molecule has 0 aliphatic carbocycles. The van der Waals surface area contributed by atoms with Gasteiger partial charge < -0.3 is 14.5 Å². The van der Waals surface area contributed by atoms with Crippen LogP contribution >= 0.6 is 11.3 Å². The number of hydrogen-bond donors (Lipinski definition) is 0. The number of ether oxygens (including phenoxy) is 1. The van der Waals surface area contributed by atoms with Crippen LogP contribution in [0.2, 0.25) is 0 Å². The Labute approximate surface area is 198 Å². The number of hydrogen-bond acceptors (Lipinski definition) is 4. The zero-order chi connectivity index (χ0) is 22.8. The maximum Gasteiger partial charge on any atom is 0.257 e. The molecule has 0 N–H and O–H groups in total. The zero-order valence-corrected chi connectivity index (χ0v) is 19.6. The number of amides is 2. The fourth-order valence-corrected chi connectivity index (χ4v) is 5.67. The van der Waals surface area contributed by atoms with E-state index in [-0.39, 0.29) is 24.3 Å². The first-order chi connectivity index (χ1) is 16.0. The van der Waals surface area contributed by atoms with Gasteiger partial charge in [0.25, 0.3) is 5.91 Å². The van der Waals surface area contributed by atoms with Gasteiger partial charge in [0.1, 0.15) is 0 Å². The molecule has 0 bridgehead atoms. The summed E-state index contributed by atoms with van der Waals surface area (Å²) in [6.45, 7) is 4.35. The average molecular weight is 461 g/mol. The van der Waals surface area contributed by atoms with E-state index in [2.05, 4.69) is 18.2 Å². The molecule has 0 unspecified atom stereocenters. The van der Waals surface area contributed by atoms with E-state index in [1.165, 1.54) is 5.56 Å². The summed E-state index contributed by atoms with van der Waals surface area (Å²) in [6, 6.07) is 22.2. The lowest BCUT2D eigenvalue weighted by Crippen LogP contribution is -2.59. The van der Waals surface area contributed by atoms with Crippen molar-refractivity contribution in [2.24, 2.45) is 0 Å². The van der Waals surface area contributed by atoms with Crippen LogP contribution in [0.25, 0.3) is 0 Å². The van der Waals surface area contributed by atoms with Crippen LogP contribution in [-0.4, -0.2) is 53.5 Å². The zero-order valence-electron chi connectivity index (χ0n) is 18.8. The van der Waals surface area contributed by atoms with E-state index in [1.54, 1.807) is 11.3 Å². The number of rotatable bonds is 5. The summed E-state index contributed by atoms with van der Waals surface area (Å²) < 4.78 is 6.32. The van der Waals surface area contributed by atoms with Gasteiger partial charge in [0.2, 0.25) is 5.91 Å². The highest BCUT2D eigenvalue weighted by atomic mass is 32.1. The molecule has 3 heterocycles. The van der Waals surface area contributed by atoms with E-state index < -0.39 is 5.60 Å². The van der Waals surface area contributed by atoms with E-state index in [1.807, 2.05) is 70.6 Å². The highest BCUT2D eigenvalue weighted by Crippen LogP contribution is 2.42. The number of carbonyl (C=O) groups excluding carboxylic acids is 2. The van der Waals surface area contributed by atoms with Gasteiger partial charge in [0.15, 0.2) is 5.60 Å². The fourth-order valence-electron chi connectivity index (χ4n) is 4.95. The number of thiophene rings is 1. The minimum absolute atomic E-state index is 0.0161. The van der Waals surface area contributed by atoms with E-state index in [4.69, 9.17) is 4.74 Å². The average Bonchev–Trinajstić information content (AvgIpc) is 3.44. The van der Waals surface area contributed by atoms with Crippen LogP contribution in [0.4, 0.5) is 0 Å². The van der Waals surface area contributed by atoms with E-state index >= 15 is 0 Å². The van der Waals surface area contributed by atoms with Gasteiger partial charge in [-0.1, -0.05) is 66.2 Å². The number of carbonyl (C=O) groups is 2. The molecule has 0 saturated carbocycles. The smallest absolute Gasteiger partial charge is 0.257 e. The largest absolute Gasteiger partial charge is 0.361 e. The number of likely N-dealkylation sites (tertiary alicyclic amines) is 1. The SMILES string of the molecule is Cc1ccc(CC(=O)N2CCO[C@@]3(C2)C(=O)N(Cc2cccs2)C[C@H]3c2ccccc2)cc1. The van der Waals surface area contributed by atoms with Gasteiger partial charge in [0.05, 0.1) is 26.1 Å². The molecule has 5 rings (SSSR count). The Morgan fingerprint density at radius 1 is 1.09 bits per heavy atom.